The molecule has 0 aromatic heterocycles. The van der Waals surface area contributed by atoms with E-state index in [0.717, 1.165) is 88.0 Å². The standard InChI is InChI=1S/C45H72O4/c1-9-13-17-21-25-46-39-29-35-37(31-41(39)48-27-23-19-15-11-3)45(33-43(35,5)6)34-44(7,8)36-30-40(47-26-22-18-14-10-2)42(32-38(36)45)49-28-24-20-16-12-4/h29-32H,9-28,33-34H2,1-8H3. The lowest BCUT2D eigenvalue weighted by atomic mass is 9.72. The van der Waals surface area contributed by atoms with Crippen LogP contribution >= 0.6 is 0 Å². The van der Waals surface area contributed by atoms with Crippen LogP contribution in [0.5, 0.6) is 23.0 Å². The number of rotatable bonds is 24. The van der Waals surface area contributed by atoms with E-state index in [1.54, 1.807) is 0 Å². The molecule has 1 spiro atoms. The Morgan fingerprint density at radius 1 is 0.388 bits per heavy atom. The minimum atomic E-state index is -0.113. The Bertz CT molecular complexity index is 1190. The van der Waals surface area contributed by atoms with E-state index in [0.29, 0.717) is 0 Å². The fraction of sp³-hybridized carbons (Fsp3) is 0.733. The first-order valence-electron chi connectivity index (χ1n) is 20.5. The van der Waals surface area contributed by atoms with Crippen LogP contribution in [0.25, 0.3) is 0 Å². The van der Waals surface area contributed by atoms with Crippen molar-refractivity contribution in [2.24, 2.45) is 0 Å². The number of hydrogen-bond donors (Lipinski definition) is 0. The molecule has 0 radical (unpaired) electrons. The molecule has 0 N–H and O–H groups in total. The van der Waals surface area contributed by atoms with Gasteiger partial charge in [-0.15, -0.1) is 0 Å². The second-order valence-electron chi connectivity index (χ2n) is 16.5. The third-order valence-corrected chi connectivity index (χ3v) is 11.2. The summed E-state index contributed by atoms with van der Waals surface area (Å²) in [5, 5.41) is 0. The Morgan fingerprint density at radius 2 is 0.653 bits per heavy atom. The summed E-state index contributed by atoms with van der Waals surface area (Å²) in [6, 6.07) is 9.49. The topological polar surface area (TPSA) is 36.9 Å². The number of benzene rings is 2. The Morgan fingerprint density at radius 3 is 0.918 bits per heavy atom. The molecule has 4 nitrogen and oxygen atoms in total. The molecular weight excluding hydrogens is 604 g/mol. The molecule has 2 aromatic rings. The van der Waals surface area contributed by atoms with Gasteiger partial charge in [-0.05, 0) is 95.9 Å². The average molecular weight is 677 g/mol. The zero-order valence-corrected chi connectivity index (χ0v) is 33.0. The van der Waals surface area contributed by atoms with Crippen molar-refractivity contribution in [1.82, 2.24) is 0 Å². The minimum Gasteiger partial charge on any atom is -0.490 e. The summed E-state index contributed by atoms with van der Waals surface area (Å²) >= 11 is 0. The van der Waals surface area contributed by atoms with E-state index in [4.69, 9.17) is 18.9 Å². The van der Waals surface area contributed by atoms with E-state index in [2.05, 4.69) is 79.7 Å². The molecular formula is C45H72O4. The largest absolute Gasteiger partial charge is 0.490 e. The summed E-state index contributed by atoms with van der Waals surface area (Å²) in [5.41, 5.74) is 5.57. The predicted octanol–water partition coefficient (Wildman–Crippen LogP) is 13.2. The van der Waals surface area contributed by atoms with Crippen LogP contribution in [0.3, 0.4) is 0 Å². The van der Waals surface area contributed by atoms with Crippen molar-refractivity contribution < 1.29 is 18.9 Å². The highest BCUT2D eigenvalue weighted by atomic mass is 16.5. The molecule has 0 atom stereocenters. The van der Waals surface area contributed by atoms with Gasteiger partial charge in [0.2, 0.25) is 0 Å². The molecule has 2 aliphatic carbocycles. The molecule has 0 amide bonds. The monoisotopic (exact) mass is 677 g/mol. The zero-order chi connectivity index (χ0) is 35.3. The highest BCUT2D eigenvalue weighted by Crippen LogP contribution is 2.65. The zero-order valence-electron chi connectivity index (χ0n) is 33.0. The Kier molecular flexibility index (Phi) is 15.1. The van der Waals surface area contributed by atoms with E-state index < -0.39 is 0 Å². The molecule has 4 rings (SSSR count). The Hall–Kier alpha value is -2.36. The van der Waals surface area contributed by atoms with Crippen LogP contribution in [0.15, 0.2) is 24.3 Å². The molecule has 0 bridgehead atoms. The minimum absolute atomic E-state index is 0.00260. The van der Waals surface area contributed by atoms with Gasteiger partial charge in [0.1, 0.15) is 0 Å². The summed E-state index contributed by atoms with van der Waals surface area (Å²) < 4.78 is 26.4. The summed E-state index contributed by atoms with van der Waals surface area (Å²) in [7, 11) is 0. The van der Waals surface area contributed by atoms with E-state index in [1.807, 2.05) is 0 Å². The smallest absolute Gasteiger partial charge is 0.161 e. The van der Waals surface area contributed by atoms with Gasteiger partial charge in [-0.3, -0.25) is 0 Å². The maximum absolute atomic E-state index is 6.63. The fourth-order valence-corrected chi connectivity index (χ4v) is 8.61. The normalized spacial score (nSPS) is 16.5. The van der Waals surface area contributed by atoms with Crippen molar-refractivity contribution in [2.45, 2.75) is 187 Å². The average Bonchev–Trinajstić information content (AvgIpc) is 3.42. The SMILES string of the molecule is CCCCCCOc1cc2c(cc1OCCCCCC)C1(CC2(C)C)CC(C)(C)c2cc(OCCCCCC)c(OCCCCCC)cc21. The second kappa shape index (κ2) is 18.8. The second-order valence-corrected chi connectivity index (χ2v) is 16.5. The number of fused-ring (bicyclic) bond motifs is 4. The Labute approximate surface area is 301 Å². The van der Waals surface area contributed by atoms with Crippen molar-refractivity contribution in [2.75, 3.05) is 26.4 Å². The van der Waals surface area contributed by atoms with Crippen LogP contribution in [-0.4, -0.2) is 26.4 Å². The summed E-state index contributed by atoms with van der Waals surface area (Å²) in [6.07, 6.45) is 21.2. The first-order chi connectivity index (χ1) is 23.6. The van der Waals surface area contributed by atoms with Crippen molar-refractivity contribution >= 4 is 0 Å². The van der Waals surface area contributed by atoms with Crippen molar-refractivity contribution in [1.29, 1.82) is 0 Å². The third-order valence-electron chi connectivity index (χ3n) is 11.2. The first-order valence-corrected chi connectivity index (χ1v) is 20.5. The van der Waals surface area contributed by atoms with Crippen molar-refractivity contribution in [3.05, 3.63) is 46.5 Å². The van der Waals surface area contributed by atoms with Gasteiger partial charge in [-0.1, -0.05) is 132 Å². The lowest BCUT2D eigenvalue weighted by Gasteiger charge is -2.31. The third kappa shape index (κ3) is 9.91. The van der Waals surface area contributed by atoms with Crippen molar-refractivity contribution in [3.63, 3.8) is 0 Å². The first kappa shape index (κ1) is 39.4. The summed E-state index contributed by atoms with van der Waals surface area (Å²) in [6.45, 7) is 21.7. The van der Waals surface area contributed by atoms with Gasteiger partial charge >= 0.3 is 0 Å². The van der Waals surface area contributed by atoms with Gasteiger partial charge in [0.15, 0.2) is 23.0 Å². The molecule has 0 fully saturated rings. The van der Waals surface area contributed by atoms with E-state index >= 15 is 0 Å². The van der Waals surface area contributed by atoms with E-state index in [-0.39, 0.29) is 16.2 Å². The van der Waals surface area contributed by atoms with Crippen molar-refractivity contribution in [3.8, 4) is 23.0 Å². The van der Waals surface area contributed by atoms with Gasteiger partial charge in [0, 0.05) is 5.41 Å². The summed E-state index contributed by atoms with van der Waals surface area (Å²) in [5.74, 6) is 3.70. The highest BCUT2D eigenvalue weighted by molar-refractivity contribution is 5.65. The molecule has 0 saturated carbocycles. The van der Waals surface area contributed by atoms with Crippen LogP contribution < -0.4 is 18.9 Å². The van der Waals surface area contributed by atoms with Gasteiger partial charge in [0.25, 0.3) is 0 Å². The molecule has 0 aliphatic heterocycles. The molecule has 276 valence electrons. The number of unbranched alkanes of at least 4 members (excludes halogenated alkanes) is 12. The van der Waals surface area contributed by atoms with Gasteiger partial charge in [-0.25, -0.2) is 0 Å². The molecule has 2 aliphatic rings. The predicted molar refractivity (Wildman–Crippen MR) is 207 cm³/mol. The summed E-state index contributed by atoms with van der Waals surface area (Å²) in [4.78, 5) is 0. The van der Waals surface area contributed by atoms with Gasteiger partial charge < -0.3 is 18.9 Å². The quantitative estimate of drug-likeness (QED) is 0.104. The lowest BCUT2D eigenvalue weighted by Crippen LogP contribution is -2.27. The van der Waals surface area contributed by atoms with E-state index in [1.165, 1.54) is 99.3 Å². The molecule has 0 saturated heterocycles. The van der Waals surface area contributed by atoms with E-state index in [9.17, 15) is 0 Å². The molecule has 0 heterocycles. The molecule has 0 unspecified atom stereocenters. The van der Waals surface area contributed by atoms with Crippen LogP contribution in [0.2, 0.25) is 0 Å². The van der Waals surface area contributed by atoms with Gasteiger partial charge in [-0.2, -0.15) is 0 Å². The van der Waals surface area contributed by atoms with Crippen LogP contribution in [-0.2, 0) is 16.2 Å². The van der Waals surface area contributed by atoms with Crippen LogP contribution in [0.4, 0.5) is 0 Å². The van der Waals surface area contributed by atoms with Gasteiger partial charge in [0.05, 0.1) is 26.4 Å². The molecule has 4 heteroatoms. The Balaban J connectivity index is 1.74. The maximum atomic E-state index is 6.63. The molecule has 2 aromatic carbocycles. The van der Waals surface area contributed by atoms with Crippen LogP contribution in [0.1, 0.15) is 193 Å². The number of ether oxygens (including phenoxy) is 4. The maximum Gasteiger partial charge on any atom is 0.161 e. The van der Waals surface area contributed by atoms with Crippen LogP contribution in [0, 0.1) is 0 Å². The molecule has 49 heavy (non-hydrogen) atoms. The fourth-order valence-electron chi connectivity index (χ4n) is 8.61. The highest BCUT2D eigenvalue weighted by Gasteiger charge is 2.57. The number of hydrogen-bond acceptors (Lipinski definition) is 4. The lowest BCUT2D eigenvalue weighted by molar-refractivity contribution is 0.257.